The number of rotatable bonds is 8. The molecule has 0 fully saturated rings. The first-order valence-electron chi connectivity index (χ1n) is 12.8. The Kier molecular flexibility index (Phi) is 7.64. The zero-order valence-corrected chi connectivity index (χ0v) is 22.0. The molecule has 0 aliphatic heterocycles. The fourth-order valence-corrected chi connectivity index (χ4v) is 4.52. The zero-order valence-electron chi connectivity index (χ0n) is 22.0. The molecule has 40 heavy (non-hydrogen) atoms. The Hall–Kier alpha value is -5.30. The van der Waals surface area contributed by atoms with Gasteiger partial charge < -0.3 is 5.32 Å². The average molecular weight is 527 g/mol. The van der Waals surface area contributed by atoms with E-state index in [4.69, 9.17) is 4.98 Å². The molecule has 2 aromatic carbocycles. The Morgan fingerprint density at radius 3 is 1.65 bits per heavy atom. The second-order valence-electron chi connectivity index (χ2n) is 9.36. The van der Waals surface area contributed by atoms with Gasteiger partial charge in [0.15, 0.2) is 0 Å². The Bertz CT molecular complexity index is 1600. The molecule has 5 rings (SSSR count). The Balaban J connectivity index is 1.38. The molecule has 1 amide bonds. The maximum atomic E-state index is 12.9. The number of Topliss-reactive ketones (excluding diaryl/α,β-unsaturated/α-hetero) is 2. The van der Waals surface area contributed by atoms with E-state index in [1.807, 2.05) is 72.8 Å². The monoisotopic (exact) mass is 526 g/mol. The SMILES string of the molecule is CC(=O)C(C(C)=O)c1ccc(C(=O)Nc2ccc(-c3cc(-c4ccccn4)nc(-c4ccccn4)c3)cc2)cc1. The molecule has 0 saturated carbocycles. The van der Waals surface area contributed by atoms with Crippen LogP contribution in [-0.4, -0.2) is 32.4 Å². The van der Waals surface area contributed by atoms with Gasteiger partial charge in [-0.15, -0.1) is 0 Å². The highest BCUT2D eigenvalue weighted by atomic mass is 16.2. The molecule has 0 aliphatic rings. The molecule has 3 heterocycles. The Morgan fingerprint density at radius 2 is 1.18 bits per heavy atom. The van der Waals surface area contributed by atoms with Crippen molar-refractivity contribution in [1.82, 2.24) is 15.0 Å². The van der Waals surface area contributed by atoms with E-state index < -0.39 is 5.92 Å². The maximum Gasteiger partial charge on any atom is 0.255 e. The summed E-state index contributed by atoms with van der Waals surface area (Å²) in [4.78, 5) is 50.3. The fraction of sp³-hybridized carbons (Fsp3) is 0.0909. The number of hydrogen-bond acceptors (Lipinski definition) is 6. The van der Waals surface area contributed by atoms with Gasteiger partial charge in [-0.1, -0.05) is 36.4 Å². The van der Waals surface area contributed by atoms with Crippen molar-refractivity contribution in [3.8, 4) is 33.9 Å². The van der Waals surface area contributed by atoms with Gasteiger partial charge in [-0.25, -0.2) is 4.98 Å². The van der Waals surface area contributed by atoms with E-state index in [0.717, 1.165) is 33.9 Å². The normalized spacial score (nSPS) is 10.8. The van der Waals surface area contributed by atoms with Crippen LogP contribution < -0.4 is 5.32 Å². The third kappa shape index (κ3) is 5.89. The van der Waals surface area contributed by atoms with Crippen molar-refractivity contribution in [1.29, 1.82) is 0 Å². The lowest BCUT2D eigenvalue weighted by atomic mass is 9.91. The highest BCUT2D eigenvalue weighted by molar-refractivity contribution is 6.07. The summed E-state index contributed by atoms with van der Waals surface area (Å²) >= 11 is 0. The molecular weight excluding hydrogens is 500 g/mol. The number of aromatic nitrogens is 3. The summed E-state index contributed by atoms with van der Waals surface area (Å²) in [5.74, 6) is -1.55. The Morgan fingerprint density at radius 1 is 0.625 bits per heavy atom. The molecule has 0 spiro atoms. The van der Waals surface area contributed by atoms with Crippen LogP contribution in [0.15, 0.2) is 109 Å². The van der Waals surface area contributed by atoms with E-state index in [9.17, 15) is 14.4 Å². The highest BCUT2D eigenvalue weighted by Crippen LogP contribution is 2.29. The third-order valence-electron chi connectivity index (χ3n) is 6.48. The molecule has 0 aliphatic carbocycles. The largest absolute Gasteiger partial charge is 0.322 e. The van der Waals surface area contributed by atoms with E-state index in [0.29, 0.717) is 16.8 Å². The van der Waals surface area contributed by atoms with Gasteiger partial charge in [-0.2, -0.15) is 0 Å². The van der Waals surface area contributed by atoms with Crippen LogP contribution in [0.2, 0.25) is 0 Å². The fourth-order valence-electron chi connectivity index (χ4n) is 4.52. The third-order valence-corrected chi connectivity index (χ3v) is 6.48. The highest BCUT2D eigenvalue weighted by Gasteiger charge is 2.22. The van der Waals surface area contributed by atoms with Crippen LogP contribution in [0.1, 0.15) is 35.7 Å². The van der Waals surface area contributed by atoms with Crippen LogP contribution in [0.5, 0.6) is 0 Å². The van der Waals surface area contributed by atoms with Gasteiger partial charge in [0.1, 0.15) is 17.5 Å². The van der Waals surface area contributed by atoms with Gasteiger partial charge in [-0.3, -0.25) is 24.4 Å². The van der Waals surface area contributed by atoms with E-state index in [-0.39, 0.29) is 17.5 Å². The minimum Gasteiger partial charge on any atom is -0.322 e. The van der Waals surface area contributed by atoms with Crippen molar-refractivity contribution in [2.75, 3.05) is 5.32 Å². The number of carbonyl (C=O) groups excluding carboxylic acids is 3. The minimum atomic E-state index is -0.811. The Labute approximate surface area is 232 Å². The van der Waals surface area contributed by atoms with Crippen LogP contribution in [0.4, 0.5) is 5.69 Å². The second kappa shape index (κ2) is 11.6. The lowest BCUT2D eigenvalue weighted by Gasteiger charge is -2.12. The summed E-state index contributed by atoms with van der Waals surface area (Å²) in [6.07, 6.45) is 3.47. The van der Waals surface area contributed by atoms with E-state index in [2.05, 4.69) is 15.3 Å². The van der Waals surface area contributed by atoms with Gasteiger partial charge in [0.25, 0.3) is 5.91 Å². The molecule has 0 radical (unpaired) electrons. The van der Waals surface area contributed by atoms with Crippen LogP contribution in [-0.2, 0) is 9.59 Å². The van der Waals surface area contributed by atoms with E-state index >= 15 is 0 Å². The number of amides is 1. The molecule has 196 valence electrons. The summed E-state index contributed by atoms with van der Waals surface area (Å²) in [6.45, 7) is 2.78. The molecule has 0 atom stereocenters. The average Bonchev–Trinajstić information content (AvgIpc) is 2.98. The van der Waals surface area contributed by atoms with Crippen LogP contribution >= 0.6 is 0 Å². The number of hydrogen-bond donors (Lipinski definition) is 1. The first-order valence-corrected chi connectivity index (χ1v) is 12.8. The molecule has 0 unspecified atom stereocenters. The van der Waals surface area contributed by atoms with Crippen molar-refractivity contribution in [2.45, 2.75) is 19.8 Å². The summed E-state index contributed by atoms with van der Waals surface area (Å²) < 4.78 is 0. The lowest BCUT2D eigenvalue weighted by Crippen LogP contribution is -2.17. The van der Waals surface area contributed by atoms with Gasteiger partial charge in [0.05, 0.1) is 22.8 Å². The molecule has 1 N–H and O–H groups in total. The molecule has 7 nitrogen and oxygen atoms in total. The van der Waals surface area contributed by atoms with E-state index in [1.165, 1.54) is 13.8 Å². The summed E-state index contributed by atoms with van der Waals surface area (Å²) in [7, 11) is 0. The zero-order chi connectivity index (χ0) is 28.1. The van der Waals surface area contributed by atoms with Gasteiger partial charge in [-0.05, 0) is 91.2 Å². The van der Waals surface area contributed by atoms with Crippen molar-refractivity contribution in [3.05, 3.63) is 121 Å². The van der Waals surface area contributed by atoms with Crippen molar-refractivity contribution in [3.63, 3.8) is 0 Å². The lowest BCUT2D eigenvalue weighted by molar-refractivity contribution is -0.126. The number of carbonyl (C=O) groups is 3. The molecule has 0 saturated heterocycles. The second-order valence-corrected chi connectivity index (χ2v) is 9.36. The predicted octanol–water partition coefficient (Wildman–Crippen LogP) is 6.39. The summed E-state index contributed by atoms with van der Waals surface area (Å²) in [5.41, 5.74) is 6.50. The van der Waals surface area contributed by atoms with Crippen molar-refractivity contribution < 1.29 is 14.4 Å². The van der Waals surface area contributed by atoms with Crippen LogP contribution in [0.3, 0.4) is 0 Å². The van der Waals surface area contributed by atoms with Crippen LogP contribution in [0, 0.1) is 0 Å². The van der Waals surface area contributed by atoms with E-state index in [1.54, 1.807) is 36.7 Å². The quantitative estimate of drug-likeness (QED) is 0.235. The minimum absolute atomic E-state index is 0.224. The molecule has 0 bridgehead atoms. The standard InChI is InChI=1S/C33H26N4O3/c1-21(38)32(22(2)39)24-9-11-25(12-10-24)33(40)36-27-15-13-23(14-16-27)26-19-30(28-7-3-5-17-34-28)37-31(20-26)29-8-4-6-18-35-29/h3-20,32H,1-2H3,(H,36,40). The summed E-state index contributed by atoms with van der Waals surface area (Å²) in [5, 5.41) is 2.90. The number of pyridine rings is 3. The van der Waals surface area contributed by atoms with Crippen molar-refractivity contribution >= 4 is 23.2 Å². The number of nitrogens with one attached hydrogen (secondary N) is 1. The smallest absolute Gasteiger partial charge is 0.255 e. The first-order chi connectivity index (χ1) is 19.4. The van der Waals surface area contributed by atoms with Gasteiger partial charge >= 0.3 is 0 Å². The predicted molar refractivity (Wildman–Crippen MR) is 155 cm³/mol. The molecular formula is C33H26N4O3. The van der Waals surface area contributed by atoms with Crippen LogP contribution in [0.25, 0.3) is 33.9 Å². The maximum absolute atomic E-state index is 12.9. The number of benzene rings is 2. The molecule has 5 aromatic rings. The van der Waals surface area contributed by atoms with Gasteiger partial charge in [0.2, 0.25) is 0 Å². The topological polar surface area (TPSA) is 102 Å². The molecule has 7 heteroatoms. The number of nitrogens with zero attached hydrogens (tertiary/aromatic N) is 3. The number of ketones is 2. The number of anilines is 1. The molecule has 3 aromatic heterocycles. The van der Waals surface area contributed by atoms with Crippen molar-refractivity contribution in [2.24, 2.45) is 0 Å². The van der Waals surface area contributed by atoms with Gasteiger partial charge in [0, 0.05) is 23.6 Å². The summed E-state index contributed by atoms with van der Waals surface area (Å²) in [6, 6.07) is 29.5. The first kappa shape index (κ1) is 26.3.